The molecular weight excluding hydrogens is 913 g/mol. The van der Waals surface area contributed by atoms with E-state index in [1.54, 1.807) is 0 Å². The summed E-state index contributed by atoms with van der Waals surface area (Å²) in [5.41, 5.74) is 0. The molecule has 6 aliphatic carbocycles. The van der Waals surface area contributed by atoms with Crippen molar-refractivity contribution >= 4 is 35.8 Å². The van der Waals surface area contributed by atoms with E-state index in [0.29, 0.717) is 146 Å². The summed E-state index contributed by atoms with van der Waals surface area (Å²) in [5.74, 6) is 12.1. The second-order valence-electron chi connectivity index (χ2n) is 26.1. The van der Waals surface area contributed by atoms with Crippen molar-refractivity contribution < 1.29 is 57.2 Å². The molecule has 0 aromatic carbocycles. The maximum Gasteiger partial charge on any atom is 0.309 e. The van der Waals surface area contributed by atoms with E-state index < -0.39 is 0 Å². The SMILES string of the molecule is C[C@@H]1COC(=O)[C@@H]2[C@@H]1CC[C@@H]2C.C[C@@H]1COC(=O)[C@@H]2[C@H]1CC[C@@H]2C.C[C@@H]1COC(=O)[C@H]2[C@@H]1CC[C@@H]2C.C[C@H]1COC(=O)[C@@H]2[C@@H]1CC[C@@H]2C.C[C@H]1COC(=O)[C@@H]2[C@H]1CC[C@@H]2C.C[C@H]1COC(=O)[C@H]2[C@@H]1CC[C@@H]2C. The zero-order valence-electron chi connectivity index (χ0n) is 46.5. The molecule has 0 radical (unpaired) electrons. The molecule has 0 amide bonds. The summed E-state index contributed by atoms with van der Waals surface area (Å²) in [6.45, 7) is 30.1. The molecule has 12 nitrogen and oxygen atoms in total. The molecule has 12 rings (SSSR count). The molecule has 72 heavy (non-hydrogen) atoms. The van der Waals surface area contributed by atoms with Crippen LogP contribution in [0.5, 0.6) is 0 Å². The Bertz CT molecular complexity index is 1540. The van der Waals surface area contributed by atoms with E-state index in [0.717, 1.165) is 0 Å². The first-order chi connectivity index (χ1) is 34.2. The highest BCUT2D eigenvalue weighted by atomic mass is 16.6. The minimum atomic E-state index is 0.0584. The predicted octanol–water partition coefficient (Wildman–Crippen LogP) is 11.0. The maximum absolute atomic E-state index is 11.4. The van der Waals surface area contributed by atoms with Gasteiger partial charge in [-0.2, -0.15) is 0 Å². The van der Waals surface area contributed by atoms with Gasteiger partial charge < -0.3 is 28.4 Å². The van der Waals surface area contributed by atoms with Crippen LogP contribution in [0.25, 0.3) is 0 Å². The number of cyclic esters (lactones) is 6. The second-order valence-corrected chi connectivity index (χ2v) is 26.1. The largest absolute Gasteiger partial charge is 0.465 e. The van der Waals surface area contributed by atoms with Crippen molar-refractivity contribution in [2.24, 2.45) is 142 Å². The van der Waals surface area contributed by atoms with Crippen molar-refractivity contribution in [3.05, 3.63) is 0 Å². The quantitative estimate of drug-likeness (QED) is 0.167. The standard InChI is InChI=1S/6C10H16O2/c6*1-6-3-4-8-7(2)5-12-10(11)9(6)8/h6*6-9H,3-5H2,1-2H3/t6-,7+,8+,9+;6-,7+,8+,9-;6-,7+,8-,9-;6-,7-,8+,9+;6-,7-,8+,9-;6-,7-,8-,9-/m000000/s1. The number of carbonyl (C=O) groups is 6. The van der Waals surface area contributed by atoms with Gasteiger partial charge in [0, 0.05) is 0 Å². The zero-order chi connectivity index (χ0) is 52.3. The van der Waals surface area contributed by atoms with Gasteiger partial charge in [0.25, 0.3) is 0 Å². The second kappa shape index (κ2) is 24.7. The van der Waals surface area contributed by atoms with E-state index in [1.165, 1.54) is 77.0 Å². The van der Waals surface area contributed by atoms with Crippen molar-refractivity contribution in [1.82, 2.24) is 0 Å². The van der Waals surface area contributed by atoms with E-state index in [9.17, 15) is 28.8 Å². The molecule has 12 fully saturated rings. The number of hydrogen-bond donors (Lipinski definition) is 0. The number of carbonyl (C=O) groups excluding carboxylic acids is 6. The summed E-state index contributed by atoms with van der Waals surface area (Å²) in [7, 11) is 0. The Morgan fingerprint density at radius 3 is 0.444 bits per heavy atom. The number of esters is 6. The molecule has 408 valence electrons. The number of fused-ring (bicyclic) bond motifs is 6. The Kier molecular flexibility index (Phi) is 19.4. The predicted molar refractivity (Wildman–Crippen MR) is 273 cm³/mol. The highest BCUT2D eigenvalue weighted by molar-refractivity contribution is 5.76. The van der Waals surface area contributed by atoms with E-state index in [-0.39, 0.29) is 71.3 Å². The first-order valence-corrected chi connectivity index (χ1v) is 29.2. The fourth-order valence-corrected chi connectivity index (χ4v) is 16.3. The molecule has 6 saturated carbocycles. The molecule has 6 aliphatic heterocycles. The van der Waals surface area contributed by atoms with Gasteiger partial charge in [-0.05, 0) is 184 Å². The van der Waals surface area contributed by atoms with Crippen molar-refractivity contribution in [3.63, 3.8) is 0 Å². The lowest BCUT2D eigenvalue weighted by Gasteiger charge is -2.31. The third-order valence-electron chi connectivity index (χ3n) is 21.1. The van der Waals surface area contributed by atoms with Gasteiger partial charge >= 0.3 is 35.8 Å². The lowest BCUT2D eigenvalue weighted by atomic mass is 9.81. The number of ether oxygens (including phenoxy) is 6. The monoisotopic (exact) mass is 1010 g/mol. The molecule has 0 aromatic heterocycles. The van der Waals surface area contributed by atoms with Gasteiger partial charge in [0.2, 0.25) is 0 Å². The average molecular weight is 1010 g/mol. The molecular formula is C60H96O12. The third kappa shape index (κ3) is 12.4. The molecule has 0 N–H and O–H groups in total. The summed E-state index contributed by atoms with van der Waals surface area (Å²) in [4.78, 5) is 68.5. The van der Waals surface area contributed by atoms with E-state index >= 15 is 0 Å². The zero-order valence-corrected chi connectivity index (χ0v) is 46.5. The Morgan fingerprint density at radius 1 is 0.208 bits per heavy atom. The van der Waals surface area contributed by atoms with Gasteiger partial charge in [0.05, 0.1) is 75.1 Å². The van der Waals surface area contributed by atoms with Crippen LogP contribution in [0.15, 0.2) is 0 Å². The highest BCUT2D eigenvalue weighted by Gasteiger charge is 2.50. The summed E-state index contributed by atoms with van der Waals surface area (Å²) in [6.07, 6.45) is 14.6. The summed E-state index contributed by atoms with van der Waals surface area (Å²) in [6, 6.07) is 0. The first kappa shape index (κ1) is 56.5. The molecule has 0 unspecified atom stereocenters. The number of rotatable bonds is 0. The van der Waals surface area contributed by atoms with Crippen molar-refractivity contribution in [2.75, 3.05) is 39.6 Å². The van der Waals surface area contributed by atoms with Crippen LogP contribution in [0, 0.1) is 142 Å². The smallest absolute Gasteiger partial charge is 0.309 e. The van der Waals surface area contributed by atoms with Gasteiger partial charge in [-0.25, -0.2) is 0 Å². The fraction of sp³-hybridized carbons (Fsp3) is 0.900. The Labute approximate surface area is 433 Å². The van der Waals surface area contributed by atoms with Gasteiger partial charge in [-0.1, -0.05) is 83.1 Å². The van der Waals surface area contributed by atoms with Crippen LogP contribution in [-0.4, -0.2) is 75.5 Å². The molecule has 24 atom stereocenters. The Morgan fingerprint density at radius 2 is 0.333 bits per heavy atom. The maximum atomic E-state index is 11.4. The van der Waals surface area contributed by atoms with Crippen LogP contribution in [0.4, 0.5) is 0 Å². The van der Waals surface area contributed by atoms with E-state index in [1.807, 2.05) is 0 Å². The lowest BCUT2D eigenvalue weighted by Crippen LogP contribution is -2.37. The third-order valence-corrected chi connectivity index (χ3v) is 21.1. The van der Waals surface area contributed by atoms with Gasteiger partial charge in [0.1, 0.15) is 0 Å². The van der Waals surface area contributed by atoms with Crippen LogP contribution in [0.2, 0.25) is 0 Å². The first-order valence-electron chi connectivity index (χ1n) is 29.2. The van der Waals surface area contributed by atoms with E-state index in [4.69, 9.17) is 28.4 Å². The van der Waals surface area contributed by atoms with Crippen molar-refractivity contribution in [2.45, 2.75) is 160 Å². The van der Waals surface area contributed by atoms with Crippen LogP contribution in [0.1, 0.15) is 160 Å². The van der Waals surface area contributed by atoms with Crippen LogP contribution in [0.3, 0.4) is 0 Å². The number of hydrogen-bond acceptors (Lipinski definition) is 12. The minimum absolute atomic E-state index is 0.0584. The summed E-state index contributed by atoms with van der Waals surface area (Å²) in [5, 5.41) is 0. The van der Waals surface area contributed by atoms with E-state index in [2.05, 4.69) is 83.1 Å². The van der Waals surface area contributed by atoms with Gasteiger partial charge in [0.15, 0.2) is 0 Å². The van der Waals surface area contributed by atoms with Crippen LogP contribution in [-0.2, 0) is 57.2 Å². The fourth-order valence-electron chi connectivity index (χ4n) is 16.3. The van der Waals surface area contributed by atoms with Crippen molar-refractivity contribution in [1.29, 1.82) is 0 Å². The molecule has 6 saturated heterocycles. The molecule has 6 heterocycles. The molecule has 0 spiro atoms. The van der Waals surface area contributed by atoms with Gasteiger partial charge in [-0.15, -0.1) is 0 Å². The highest BCUT2D eigenvalue weighted by Crippen LogP contribution is 2.49. The molecule has 0 bridgehead atoms. The summed E-state index contributed by atoms with van der Waals surface area (Å²) < 4.78 is 30.8. The van der Waals surface area contributed by atoms with Crippen LogP contribution < -0.4 is 0 Å². The average Bonchev–Trinajstić information content (AvgIpc) is 4.23. The normalized spacial score (nSPS) is 47.0. The van der Waals surface area contributed by atoms with Crippen molar-refractivity contribution in [3.8, 4) is 0 Å². The minimum Gasteiger partial charge on any atom is -0.465 e. The van der Waals surface area contributed by atoms with Gasteiger partial charge in [-0.3, -0.25) is 28.8 Å². The Balaban J connectivity index is 0.000000127. The Hall–Kier alpha value is -3.18. The molecule has 12 aliphatic rings. The lowest BCUT2D eigenvalue weighted by molar-refractivity contribution is -0.161. The van der Waals surface area contributed by atoms with Crippen LogP contribution >= 0.6 is 0 Å². The topological polar surface area (TPSA) is 158 Å². The summed E-state index contributed by atoms with van der Waals surface area (Å²) >= 11 is 0. The molecule has 0 aromatic rings. The molecule has 12 heteroatoms.